The van der Waals surface area contributed by atoms with E-state index in [1.165, 1.54) is 25.7 Å². The molecule has 0 spiro atoms. The zero-order valence-electron chi connectivity index (χ0n) is 10.6. The minimum atomic E-state index is -0.124. The third-order valence-electron chi connectivity index (χ3n) is 3.67. The van der Waals surface area contributed by atoms with Gasteiger partial charge in [-0.2, -0.15) is 0 Å². The molecule has 2 rings (SSSR count). The maximum absolute atomic E-state index is 10.0. The van der Waals surface area contributed by atoms with Crippen molar-refractivity contribution in [3.05, 3.63) is 28.7 Å². The first-order chi connectivity index (χ1) is 8.75. The molecule has 1 atom stereocenters. The third-order valence-corrected chi connectivity index (χ3v) is 4.20. The fraction of sp³-hybridized carbons (Fsp3) is 0.600. The second-order valence-electron chi connectivity index (χ2n) is 5.06. The summed E-state index contributed by atoms with van der Waals surface area (Å²) >= 11 is 3.40. The highest BCUT2D eigenvalue weighted by Gasteiger charge is 2.22. The van der Waals surface area contributed by atoms with E-state index < -0.39 is 0 Å². The molecule has 3 heteroatoms. The first kappa shape index (κ1) is 13.9. The summed E-state index contributed by atoms with van der Waals surface area (Å²) < 4.78 is 6.70. The van der Waals surface area contributed by atoms with Gasteiger partial charge in [-0.25, -0.2) is 0 Å². The summed E-state index contributed by atoms with van der Waals surface area (Å²) in [7, 11) is 0. The van der Waals surface area contributed by atoms with Crippen LogP contribution >= 0.6 is 15.9 Å². The van der Waals surface area contributed by atoms with Crippen LogP contribution in [0.2, 0.25) is 0 Å². The summed E-state index contributed by atoms with van der Waals surface area (Å²) in [5.41, 5.74) is 0. The van der Waals surface area contributed by atoms with Gasteiger partial charge in [0.25, 0.3) is 0 Å². The highest BCUT2D eigenvalue weighted by molar-refractivity contribution is 9.10. The number of halogens is 1. The molecular weight excluding hydrogens is 292 g/mol. The maximum Gasteiger partial charge on any atom is 0.119 e. The van der Waals surface area contributed by atoms with E-state index in [4.69, 9.17) is 4.74 Å². The van der Waals surface area contributed by atoms with E-state index >= 15 is 0 Å². The second-order valence-corrected chi connectivity index (χ2v) is 5.97. The standard InChI is InChI=1S/C15H21BrO2/c16-13-7-9-14(10-8-13)18-11-3-6-15(17)12-4-1-2-5-12/h7-10,12,15,17H,1-6,11H2. The van der Waals surface area contributed by atoms with E-state index in [2.05, 4.69) is 15.9 Å². The SMILES string of the molecule is OC(CCCOc1ccc(Br)cc1)C1CCCC1. The van der Waals surface area contributed by atoms with Gasteiger partial charge in [-0.1, -0.05) is 28.8 Å². The lowest BCUT2D eigenvalue weighted by Crippen LogP contribution is -2.18. The minimum Gasteiger partial charge on any atom is -0.494 e. The fourth-order valence-corrected chi connectivity index (χ4v) is 2.86. The zero-order valence-corrected chi connectivity index (χ0v) is 12.2. The van der Waals surface area contributed by atoms with E-state index in [0.717, 1.165) is 23.1 Å². The highest BCUT2D eigenvalue weighted by Crippen LogP contribution is 2.29. The molecule has 1 fully saturated rings. The normalized spacial score (nSPS) is 17.9. The van der Waals surface area contributed by atoms with Crippen LogP contribution in [0.5, 0.6) is 5.75 Å². The van der Waals surface area contributed by atoms with Crippen LogP contribution in [0.1, 0.15) is 38.5 Å². The lowest BCUT2D eigenvalue weighted by atomic mass is 9.97. The van der Waals surface area contributed by atoms with Gasteiger partial charge in [0.1, 0.15) is 5.75 Å². The van der Waals surface area contributed by atoms with E-state index in [0.29, 0.717) is 12.5 Å². The number of benzene rings is 1. The zero-order chi connectivity index (χ0) is 12.8. The van der Waals surface area contributed by atoms with Gasteiger partial charge < -0.3 is 9.84 Å². The Balaban J connectivity index is 1.62. The van der Waals surface area contributed by atoms with Gasteiger partial charge in [-0.3, -0.25) is 0 Å². The van der Waals surface area contributed by atoms with Crippen LogP contribution in [-0.2, 0) is 0 Å². The van der Waals surface area contributed by atoms with Crippen molar-refractivity contribution in [1.82, 2.24) is 0 Å². The van der Waals surface area contributed by atoms with Crippen LogP contribution in [0.15, 0.2) is 28.7 Å². The van der Waals surface area contributed by atoms with Gasteiger partial charge in [0.2, 0.25) is 0 Å². The Labute approximate surface area is 117 Å². The molecule has 0 aromatic heterocycles. The van der Waals surface area contributed by atoms with Crippen molar-refractivity contribution in [2.75, 3.05) is 6.61 Å². The molecule has 0 bridgehead atoms. The van der Waals surface area contributed by atoms with Crippen molar-refractivity contribution in [1.29, 1.82) is 0 Å². The van der Waals surface area contributed by atoms with Crippen molar-refractivity contribution in [3.63, 3.8) is 0 Å². The molecule has 1 aromatic carbocycles. The Morgan fingerprint density at radius 2 is 1.89 bits per heavy atom. The van der Waals surface area contributed by atoms with Crippen LogP contribution in [0.3, 0.4) is 0 Å². The first-order valence-corrected chi connectivity index (χ1v) is 7.61. The lowest BCUT2D eigenvalue weighted by Gasteiger charge is -2.17. The number of hydrogen-bond donors (Lipinski definition) is 1. The monoisotopic (exact) mass is 312 g/mol. The van der Waals surface area contributed by atoms with Crippen LogP contribution in [0.25, 0.3) is 0 Å². The van der Waals surface area contributed by atoms with E-state index in [1.54, 1.807) is 0 Å². The quantitative estimate of drug-likeness (QED) is 0.799. The summed E-state index contributed by atoms with van der Waals surface area (Å²) in [6, 6.07) is 7.86. The van der Waals surface area contributed by atoms with Gasteiger partial charge in [0.05, 0.1) is 12.7 Å². The number of aliphatic hydroxyl groups excluding tert-OH is 1. The molecular formula is C15H21BrO2. The molecule has 1 N–H and O–H groups in total. The largest absolute Gasteiger partial charge is 0.494 e. The van der Waals surface area contributed by atoms with Gasteiger partial charge >= 0.3 is 0 Å². The van der Waals surface area contributed by atoms with Crippen LogP contribution in [0.4, 0.5) is 0 Å². The average molecular weight is 313 g/mol. The van der Waals surface area contributed by atoms with Gasteiger partial charge in [0, 0.05) is 4.47 Å². The molecule has 0 heterocycles. The predicted octanol–water partition coefficient (Wildman–Crippen LogP) is 4.16. The summed E-state index contributed by atoms with van der Waals surface area (Å²) in [6.07, 6.45) is 6.65. The molecule has 1 aliphatic rings. The Hall–Kier alpha value is -0.540. The molecule has 100 valence electrons. The molecule has 0 amide bonds. The predicted molar refractivity (Wildman–Crippen MR) is 76.8 cm³/mol. The number of rotatable bonds is 6. The number of hydrogen-bond acceptors (Lipinski definition) is 2. The van der Waals surface area contributed by atoms with E-state index in [-0.39, 0.29) is 6.10 Å². The molecule has 18 heavy (non-hydrogen) atoms. The summed E-state index contributed by atoms with van der Waals surface area (Å²) in [4.78, 5) is 0. The summed E-state index contributed by atoms with van der Waals surface area (Å²) in [5, 5.41) is 10.0. The van der Waals surface area contributed by atoms with E-state index in [1.807, 2.05) is 24.3 Å². The Morgan fingerprint density at radius 3 is 2.56 bits per heavy atom. The Bertz CT molecular complexity index is 344. The fourth-order valence-electron chi connectivity index (χ4n) is 2.59. The minimum absolute atomic E-state index is 0.124. The topological polar surface area (TPSA) is 29.5 Å². The molecule has 1 saturated carbocycles. The van der Waals surface area contributed by atoms with Crippen LogP contribution in [-0.4, -0.2) is 17.8 Å². The van der Waals surface area contributed by atoms with Crippen molar-refractivity contribution in [2.45, 2.75) is 44.6 Å². The second kappa shape index (κ2) is 7.15. The van der Waals surface area contributed by atoms with Crippen molar-refractivity contribution in [2.24, 2.45) is 5.92 Å². The molecule has 1 unspecified atom stereocenters. The smallest absolute Gasteiger partial charge is 0.119 e. The Kier molecular flexibility index (Phi) is 5.51. The third kappa shape index (κ3) is 4.29. The number of aliphatic hydroxyl groups is 1. The van der Waals surface area contributed by atoms with Gasteiger partial charge in [-0.15, -0.1) is 0 Å². The van der Waals surface area contributed by atoms with Crippen molar-refractivity contribution in [3.8, 4) is 5.75 Å². The Morgan fingerprint density at radius 1 is 1.22 bits per heavy atom. The summed E-state index contributed by atoms with van der Waals surface area (Å²) in [6.45, 7) is 0.686. The molecule has 0 radical (unpaired) electrons. The molecule has 1 aromatic rings. The van der Waals surface area contributed by atoms with Crippen LogP contribution in [0, 0.1) is 5.92 Å². The van der Waals surface area contributed by atoms with Crippen molar-refractivity contribution >= 4 is 15.9 Å². The lowest BCUT2D eigenvalue weighted by molar-refractivity contribution is 0.0946. The van der Waals surface area contributed by atoms with Gasteiger partial charge in [-0.05, 0) is 55.9 Å². The average Bonchev–Trinajstić information content (AvgIpc) is 2.90. The van der Waals surface area contributed by atoms with E-state index in [9.17, 15) is 5.11 Å². The first-order valence-electron chi connectivity index (χ1n) is 6.82. The molecule has 2 nitrogen and oxygen atoms in total. The number of ether oxygens (including phenoxy) is 1. The molecule has 1 aliphatic carbocycles. The van der Waals surface area contributed by atoms with Gasteiger partial charge in [0.15, 0.2) is 0 Å². The highest BCUT2D eigenvalue weighted by atomic mass is 79.9. The van der Waals surface area contributed by atoms with Crippen molar-refractivity contribution < 1.29 is 9.84 Å². The molecule has 0 aliphatic heterocycles. The molecule has 0 saturated heterocycles. The van der Waals surface area contributed by atoms with Crippen LogP contribution < -0.4 is 4.74 Å². The summed E-state index contributed by atoms with van der Waals surface area (Å²) in [5.74, 6) is 1.44. The maximum atomic E-state index is 10.0.